The summed E-state index contributed by atoms with van der Waals surface area (Å²) in [5, 5.41) is 3.38. The number of nitrogens with one attached hydrogen (secondary N) is 1. The summed E-state index contributed by atoms with van der Waals surface area (Å²) in [6.07, 6.45) is 4.48. The van der Waals surface area contributed by atoms with Gasteiger partial charge in [0.2, 0.25) is 0 Å². The minimum absolute atomic E-state index is 0.263. The van der Waals surface area contributed by atoms with Crippen molar-refractivity contribution in [3.8, 4) is 5.75 Å². The number of hydrogen-bond donors (Lipinski definition) is 1. The van der Waals surface area contributed by atoms with Crippen molar-refractivity contribution in [2.45, 2.75) is 25.4 Å². The molecular weight excluding hydrogens is 237 g/mol. The molecule has 2 rings (SSSR count). The quantitative estimate of drug-likeness (QED) is 0.757. The van der Waals surface area contributed by atoms with Gasteiger partial charge in [-0.05, 0) is 25.2 Å². The van der Waals surface area contributed by atoms with E-state index in [2.05, 4.69) is 5.32 Å². The Kier molecular flexibility index (Phi) is 4.68. The summed E-state index contributed by atoms with van der Waals surface area (Å²) in [5.74, 6) is 1.03. The highest BCUT2D eigenvalue weighted by molar-refractivity contribution is 7.98. The van der Waals surface area contributed by atoms with Gasteiger partial charge in [0.15, 0.2) is 11.6 Å². The molecule has 0 aliphatic heterocycles. The molecule has 1 aromatic rings. The summed E-state index contributed by atoms with van der Waals surface area (Å²) in [4.78, 5) is 0. The van der Waals surface area contributed by atoms with E-state index in [0.29, 0.717) is 24.9 Å². The SMILES string of the molecule is CSCCOc1c(F)cccc1CNC1CC1. The standard InChI is InChI=1S/C13H18FNOS/c1-17-8-7-16-13-10(3-2-4-12(13)14)9-15-11-5-6-11/h2-4,11,15H,5-9H2,1H3. The van der Waals surface area contributed by atoms with E-state index in [0.717, 1.165) is 11.3 Å². The van der Waals surface area contributed by atoms with Crippen LogP contribution in [-0.2, 0) is 6.54 Å². The molecule has 1 fully saturated rings. The second kappa shape index (κ2) is 6.26. The zero-order valence-corrected chi connectivity index (χ0v) is 10.9. The highest BCUT2D eigenvalue weighted by Crippen LogP contribution is 2.25. The van der Waals surface area contributed by atoms with E-state index in [1.165, 1.54) is 18.9 Å². The van der Waals surface area contributed by atoms with Crippen molar-refractivity contribution in [1.82, 2.24) is 5.32 Å². The number of para-hydroxylation sites is 1. The van der Waals surface area contributed by atoms with Crippen LogP contribution >= 0.6 is 11.8 Å². The molecule has 0 saturated heterocycles. The highest BCUT2D eigenvalue weighted by Gasteiger charge is 2.21. The van der Waals surface area contributed by atoms with Gasteiger partial charge in [-0.1, -0.05) is 12.1 Å². The molecule has 2 nitrogen and oxygen atoms in total. The Balaban J connectivity index is 1.98. The van der Waals surface area contributed by atoms with Crippen LogP contribution in [0.25, 0.3) is 0 Å². The molecule has 4 heteroatoms. The van der Waals surface area contributed by atoms with Crippen LogP contribution in [0.2, 0.25) is 0 Å². The molecular formula is C13H18FNOS. The highest BCUT2D eigenvalue weighted by atomic mass is 32.2. The zero-order valence-electron chi connectivity index (χ0n) is 10.0. The molecule has 94 valence electrons. The van der Waals surface area contributed by atoms with Crippen LogP contribution in [0.4, 0.5) is 4.39 Å². The van der Waals surface area contributed by atoms with Crippen LogP contribution < -0.4 is 10.1 Å². The monoisotopic (exact) mass is 255 g/mol. The maximum Gasteiger partial charge on any atom is 0.165 e. The zero-order chi connectivity index (χ0) is 12.1. The van der Waals surface area contributed by atoms with E-state index in [9.17, 15) is 4.39 Å². The van der Waals surface area contributed by atoms with Crippen LogP contribution in [-0.4, -0.2) is 24.7 Å². The second-order valence-electron chi connectivity index (χ2n) is 4.22. The number of thioether (sulfide) groups is 1. The van der Waals surface area contributed by atoms with Gasteiger partial charge in [0, 0.05) is 23.9 Å². The van der Waals surface area contributed by atoms with Crippen molar-refractivity contribution in [3.05, 3.63) is 29.6 Å². The van der Waals surface area contributed by atoms with Crippen LogP contribution in [0.5, 0.6) is 5.75 Å². The molecule has 0 atom stereocenters. The topological polar surface area (TPSA) is 21.3 Å². The Labute approximate surface area is 106 Å². The Morgan fingerprint density at radius 1 is 1.47 bits per heavy atom. The fourth-order valence-corrected chi connectivity index (χ4v) is 1.87. The van der Waals surface area contributed by atoms with E-state index < -0.39 is 0 Å². The van der Waals surface area contributed by atoms with E-state index in [4.69, 9.17) is 4.74 Å². The minimum atomic E-state index is -0.263. The fraction of sp³-hybridized carbons (Fsp3) is 0.538. The van der Waals surface area contributed by atoms with Crippen molar-refractivity contribution in [2.24, 2.45) is 0 Å². The molecule has 1 aromatic carbocycles. The average molecular weight is 255 g/mol. The van der Waals surface area contributed by atoms with Gasteiger partial charge in [0.1, 0.15) is 0 Å². The van der Waals surface area contributed by atoms with E-state index >= 15 is 0 Å². The van der Waals surface area contributed by atoms with Crippen LogP contribution in [0, 0.1) is 5.82 Å². The minimum Gasteiger partial charge on any atom is -0.489 e. The summed E-state index contributed by atoms with van der Waals surface area (Å²) in [6, 6.07) is 5.74. The number of benzene rings is 1. The number of hydrogen-bond acceptors (Lipinski definition) is 3. The van der Waals surface area contributed by atoms with Crippen molar-refractivity contribution >= 4 is 11.8 Å². The first-order valence-corrected chi connectivity index (χ1v) is 7.33. The number of rotatable bonds is 7. The third-order valence-corrected chi connectivity index (χ3v) is 3.32. The maximum atomic E-state index is 13.7. The predicted octanol–water partition coefficient (Wildman–Crippen LogP) is 2.82. The van der Waals surface area contributed by atoms with Crippen molar-refractivity contribution < 1.29 is 9.13 Å². The largest absolute Gasteiger partial charge is 0.489 e. The lowest BCUT2D eigenvalue weighted by atomic mass is 10.2. The molecule has 0 bridgehead atoms. The molecule has 1 N–H and O–H groups in total. The van der Waals surface area contributed by atoms with Gasteiger partial charge >= 0.3 is 0 Å². The first kappa shape index (κ1) is 12.7. The van der Waals surface area contributed by atoms with E-state index in [1.54, 1.807) is 17.8 Å². The summed E-state index contributed by atoms with van der Waals surface area (Å²) in [6.45, 7) is 1.25. The Morgan fingerprint density at radius 2 is 2.29 bits per heavy atom. The Morgan fingerprint density at radius 3 is 3.00 bits per heavy atom. The Hall–Kier alpha value is -0.740. The van der Waals surface area contributed by atoms with Gasteiger partial charge in [0.25, 0.3) is 0 Å². The van der Waals surface area contributed by atoms with Crippen LogP contribution in [0.1, 0.15) is 18.4 Å². The molecule has 0 unspecified atom stereocenters. The lowest BCUT2D eigenvalue weighted by Gasteiger charge is -2.12. The normalized spacial score (nSPS) is 14.9. The third kappa shape index (κ3) is 3.89. The summed E-state index contributed by atoms with van der Waals surface area (Å²) < 4.78 is 19.2. The van der Waals surface area contributed by atoms with Gasteiger partial charge < -0.3 is 10.1 Å². The van der Waals surface area contributed by atoms with Crippen molar-refractivity contribution in [1.29, 1.82) is 0 Å². The molecule has 0 spiro atoms. The van der Waals surface area contributed by atoms with Crippen LogP contribution in [0.3, 0.4) is 0 Å². The van der Waals surface area contributed by atoms with E-state index in [-0.39, 0.29) is 5.82 Å². The summed E-state index contributed by atoms with van der Waals surface area (Å²) in [7, 11) is 0. The molecule has 1 aliphatic carbocycles. The third-order valence-electron chi connectivity index (χ3n) is 2.74. The van der Waals surface area contributed by atoms with E-state index in [1.807, 2.05) is 12.3 Å². The van der Waals surface area contributed by atoms with Gasteiger partial charge in [-0.15, -0.1) is 0 Å². The molecule has 0 aromatic heterocycles. The molecule has 1 aliphatic rings. The molecule has 0 radical (unpaired) electrons. The average Bonchev–Trinajstić information content (AvgIpc) is 3.13. The first-order valence-electron chi connectivity index (χ1n) is 5.94. The smallest absolute Gasteiger partial charge is 0.165 e. The molecule has 1 saturated carbocycles. The number of ether oxygens (including phenoxy) is 1. The number of halogens is 1. The predicted molar refractivity (Wildman–Crippen MR) is 70.1 cm³/mol. The lowest BCUT2D eigenvalue weighted by molar-refractivity contribution is 0.320. The van der Waals surface area contributed by atoms with Crippen molar-refractivity contribution in [2.75, 3.05) is 18.6 Å². The Bertz CT molecular complexity index is 368. The van der Waals surface area contributed by atoms with Gasteiger partial charge in [-0.25, -0.2) is 4.39 Å². The van der Waals surface area contributed by atoms with Gasteiger partial charge in [-0.2, -0.15) is 11.8 Å². The molecule has 0 amide bonds. The van der Waals surface area contributed by atoms with Crippen LogP contribution in [0.15, 0.2) is 18.2 Å². The van der Waals surface area contributed by atoms with Gasteiger partial charge in [0.05, 0.1) is 6.61 Å². The first-order chi connectivity index (χ1) is 8.31. The maximum absolute atomic E-state index is 13.7. The molecule has 17 heavy (non-hydrogen) atoms. The molecule has 0 heterocycles. The van der Waals surface area contributed by atoms with Gasteiger partial charge in [-0.3, -0.25) is 0 Å². The lowest BCUT2D eigenvalue weighted by Crippen LogP contribution is -2.16. The summed E-state index contributed by atoms with van der Waals surface area (Å²) in [5.41, 5.74) is 0.915. The second-order valence-corrected chi connectivity index (χ2v) is 5.21. The summed E-state index contributed by atoms with van der Waals surface area (Å²) >= 11 is 1.70. The fourth-order valence-electron chi connectivity index (χ4n) is 1.62. The van der Waals surface area contributed by atoms with Crippen molar-refractivity contribution in [3.63, 3.8) is 0 Å².